The highest BCUT2D eigenvalue weighted by molar-refractivity contribution is 7.93. The van der Waals surface area contributed by atoms with Crippen LogP contribution in [0.25, 0.3) is 27.3 Å². The van der Waals surface area contributed by atoms with E-state index in [2.05, 4.69) is 59.9 Å². The van der Waals surface area contributed by atoms with Crippen molar-refractivity contribution in [1.82, 2.24) is 4.72 Å². The molecule has 1 aliphatic heterocycles. The zero-order chi connectivity index (χ0) is 28.9. The van der Waals surface area contributed by atoms with E-state index in [9.17, 15) is 23.9 Å². The second kappa shape index (κ2) is 13.3. The van der Waals surface area contributed by atoms with Crippen LogP contribution in [-0.4, -0.2) is 63.2 Å². The first-order valence-corrected chi connectivity index (χ1v) is 15.9. The highest BCUT2D eigenvalue weighted by Gasteiger charge is 2.38. The number of hydrogen-bond donors (Lipinski definition) is 3. The summed E-state index contributed by atoms with van der Waals surface area (Å²) >= 11 is 1.41. The summed E-state index contributed by atoms with van der Waals surface area (Å²) in [6.45, 7) is 7.75. The number of nitrogens with zero attached hydrogens (tertiary/aromatic N) is 2. The van der Waals surface area contributed by atoms with Crippen LogP contribution >= 0.6 is 11.3 Å². The molecule has 3 aromatic rings. The number of nitriles is 1. The first kappa shape index (κ1) is 30.2. The number of rotatable bonds is 11. The van der Waals surface area contributed by atoms with Gasteiger partial charge in [-0.2, -0.15) is 5.26 Å². The van der Waals surface area contributed by atoms with Gasteiger partial charge in [-0.25, -0.2) is 13.1 Å². The van der Waals surface area contributed by atoms with Crippen molar-refractivity contribution in [1.29, 1.82) is 5.26 Å². The van der Waals surface area contributed by atoms with Crippen LogP contribution in [0.15, 0.2) is 53.4 Å². The monoisotopic (exact) mass is 583 g/mol. The molecule has 4 rings (SSSR count). The quantitative estimate of drug-likeness (QED) is 0.279. The number of allylic oxidation sites excluding steroid dienone is 1. The van der Waals surface area contributed by atoms with Crippen LogP contribution in [-0.2, 0) is 14.8 Å². The van der Waals surface area contributed by atoms with Crippen LogP contribution in [0.3, 0.4) is 0 Å². The van der Waals surface area contributed by atoms with Crippen LogP contribution < -0.4 is 9.62 Å². The summed E-state index contributed by atoms with van der Waals surface area (Å²) in [5.41, 5.74) is 2.24. The van der Waals surface area contributed by atoms with E-state index in [4.69, 9.17) is 4.74 Å². The zero-order valence-electron chi connectivity index (χ0n) is 23.1. The Balaban J connectivity index is 1.53. The molecule has 1 saturated heterocycles. The lowest BCUT2D eigenvalue weighted by Gasteiger charge is -2.38. The molecule has 0 aliphatic carbocycles. The number of sulfonamides is 1. The highest BCUT2D eigenvalue weighted by atomic mass is 32.2. The summed E-state index contributed by atoms with van der Waals surface area (Å²) in [5.74, 6) is -0.501. The molecule has 1 aromatic heterocycles. The molecule has 8 nitrogen and oxygen atoms in total. The van der Waals surface area contributed by atoms with E-state index in [0.29, 0.717) is 4.88 Å². The minimum Gasteiger partial charge on any atom is -0.394 e. The van der Waals surface area contributed by atoms with Crippen LogP contribution in [0, 0.1) is 17.2 Å². The topological polar surface area (TPSA) is 123 Å². The number of fused-ring (bicyclic) bond motifs is 1. The average molecular weight is 584 g/mol. The SMILES string of the molecule is CCCN(CCC)c1ccc2cc(-c3ccc(/C=C(\C#N)S(=O)(=O)NC4CO[C@H](CO)[C@@H](O)[C@@H]4C)s3)ccc2c1. The number of hydrogen-bond acceptors (Lipinski definition) is 8. The molecule has 214 valence electrons. The van der Waals surface area contributed by atoms with E-state index >= 15 is 0 Å². The lowest BCUT2D eigenvalue weighted by molar-refractivity contribution is -0.128. The molecule has 4 atom stereocenters. The second-order valence-corrected chi connectivity index (χ2v) is 13.0. The number of ether oxygens (including phenoxy) is 1. The minimum atomic E-state index is -4.16. The van der Waals surface area contributed by atoms with Gasteiger partial charge in [-0.15, -0.1) is 11.3 Å². The smallest absolute Gasteiger partial charge is 0.251 e. The van der Waals surface area contributed by atoms with Gasteiger partial charge < -0.3 is 19.8 Å². The van der Waals surface area contributed by atoms with Gasteiger partial charge in [0, 0.05) is 34.4 Å². The van der Waals surface area contributed by atoms with Gasteiger partial charge in [-0.1, -0.05) is 39.0 Å². The van der Waals surface area contributed by atoms with Crippen molar-refractivity contribution < 1.29 is 23.4 Å². The number of benzene rings is 2. The van der Waals surface area contributed by atoms with Gasteiger partial charge >= 0.3 is 0 Å². The molecule has 1 unspecified atom stereocenters. The fraction of sp³-hybridized carbons (Fsp3) is 0.433. The first-order chi connectivity index (χ1) is 19.2. The van der Waals surface area contributed by atoms with Crippen LogP contribution in [0.5, 0.6) is 0 Å². The molecule has 0 spiro atoms. The summed E-state index contributed by atoms with van der Waals surface area (Å²) in [5, 5.41) is 31.6. The largest absolute Gasteiger partial charge is 0.394 e. The standard InChI is InChI=1S/C30H37N3O5S2/c1-4-12-33(13-5-2)24-9-8-21-14-23(7-6-22(21)15-24)29-11-10-25(39-29)16-26(17-31)40(36,37)32-27-19-38-28(18-34)30(35)20(27)3/h6-11,14-16,20,27-28,30,32,34-35H,4-5,12-13,18-19H2,1-3H3/b26-16+/t20-,27?,28-,30+/m1/s1. The number of thiophene rings is 1. The fourth-order valence-electron chi connectivity index (χ4n) is 5.00. The Bertz CT molecular complexity index is 1490. The Morgan fingerprint density at radius 1 is 1.15 bits per heavy atom. The lowest BCUT2D eigenvalue weighted by Crippen LogP contribution is -2.55. The number of nitrogens with one attached hydrogen (secondary N) is 1. The van der Waals surface area contributed by atoms with Crippen molar-refractivity contribution in [3.63, 3.8) is 0 Å². The van der Waals surface area contributed by atoms with Gasteiger partial charge in [-0.05, 0) is 65.6 Å². The molecule has 1 aliphatic rings. The fourth-order valence-corrected chi connectivity index (χ4v) is 7.23. The molecule has 2 aromatic carbocycles. The van der Waals surface area contributed by atoms with Gasteiger partial charge in [-0.3, -0.25) is 0 Å². The third kappa shape index (κ3) is 6.74. The molecule has 3 N–H and O–H groups in total. The van der Waals surface area contributed by atoms with Crippen molar-refractivity contribution in [2.24, 2.45) is 5.92 Å². The normalized spacial score (nSPS) is 21.9. The van der Waals surface area contributed by atoms with Crippen molar-refractivity contribution in [2.45, 2.75) is 51.9 Å². The molecule has 1 fully saturated rings. The predicted molar refractivity (Wildman–Crippen MR) is 161 cm³/mol. The molecule has 0 saturated carbocycles. The summed E-state index contributed by atoms with van der Waals surface area (Å²) in [6, 6.07) is 17.6. The van der Waals surface area contributed by atoms with Gasteiger partial charge in [0.15, 0.2) is 4.91 Å². The molecule has 0 radical (unpaired) electrons. The Morgan fingerprint density at radius 2 is 1.85 bits per heavy atom. The van der Waals surface area contributed by atoms with Crippen molar-refractivity contribution in [2.75, 3.05) is 31.2 Å². The summed E-state index contributed by atoms with van der Waals surface area (Å²) in [6.07, 6.45) is 1.76. The first-order valence-electron chi connectivity index (χ1n) is 13.6. The van der Waals surface area contributed by atoms with E-state index < -0.39 is 39.1 Å². The molecule has 0 amide bonds. The Labute approximate surface area is 240 Å². The molecule has 2 heterocycles. The van der Waals surface area contributed by atoms with Crippen molar-refractivity contribution in [3.8, 4) is 16.5 Å². The predicted octanol–water partition coefficient (Wildman–Crippen LogP) is 4.74. The summed E-state index contributed by atoms with van der Waals surface area (Å²) in [4.78, 5) is 3.60. The number of aliphatic hydroxyl groups excluding tert-OH is 2. The summed E-state index contributed by atoms with van der Waals surface area (Å²) in [7, 11) is -4.16. The van der Waals surface area contributed by atoms with E-state index in [1.807, 2.05) is 6.07 Å². The van der Waals surface area contributed by atoms with Crippen molar-refractivity contribution >= 4 is 43.9 Å². The highest BCUT2D eigenvalue weighted by Crippen LogP contribution is 2.33. The molecule has 40 heavy (non-hydrogen) atoms. The third-order valence-corrected chi connectivity index (χ3v) is 9.77. The Morgan fingerprint density at radius 3 is 2.52 bits per heavy atom. The number of aliphatic hydroxyl groups is 2. The van der Waals surface area contributed by atoms with E-state index in [1.165, 1.54) is 23.1 Å². The third-order valence-electron chi connectivity index (χ3n) is 7.29. The minimum absolute atomic E-state index is 0.0107. The zero-order valence-corrected chi connectivity index (χ0v) is 24.7. The lowest BCUT2D eigenvalue weighted by atomic mass is 9.91. The molecular weight excluding hydrogens is 546 g/mol. The van der Waals surface area contributed by atoms with Crippen LogP contribution in [0.4, 0.5) is 5.69 Å². The average Bonchev–Trinajstić information content (AvgIpc) is 3.42. The summed E-state index contributed by atoms with van der Waals surface area (Å²) < 4.78 is 33.9. The van der Waals surface area contributed by atoms with Crippen LogP contribution in [0.1, 0.15) is 38.5 Å². The van der Waals surface area contributed by atoms with Crippen molar-refractivity contribution in [3.05, 3.63) is 58.3 Å². The number of anilines is 1. The maximum atomic E-state index is 13.0. The molecule has 0 bridgehead atoms. The Hall–Kier alpha value is -2.78. The Kier molecular flexibility index (Phi) is 10.0. The maximum Gasteiger partial charge on any atom is 0.251 e. The van der Waals surface area contributed by atoms with E-state index in [1.54, 1.807) is 19.1 Å². The van der Waals surface area contributed by atoms with E-state index in [-0.39, 0.29) is 13.2 Å². The van der Waals surface area contributed by atoms with Gasteiger partial charge in [0.1, 0.15) is 12.2 Å². The van der Waals surface area contributed by atoms with Gasteiger partial charge in [0.25, 0.3) is 10.0 Å². The second-order valence-electron chi connectivity index (χ2n) is 10.2. The molecular formula is C30H37N3O5S2. The molecule has 10 heteroatoms. The van der Waals surface area contributed by atoms with Gasteiger partial charge in [0.2, 0.25) is 0 Å². The van der Waals surface area contributed by atoms with Gasteiger partial charge in [0.05, 0.1) is 25.4 Å². The van der Waals surface area contributed by atoms with E-state index in [0.717, 1.165) is 47.1 Å². The van der Waals surface area contributed by atoms with Crippen LogP contribution in [0.2, 0.25) is 0 Å². The maximum absolute atomic E-state index is 13.0.